The van der Waals surface area contributed by atoms with Crippen LogP contribution < -0.4 is 5.32 Å². The number of nitrogens with zero attached hydrogens (tertiary/aromatic N) is 2. The fourth-order valence-corrected chi connectivity index (χ4v) is 2.64. The van der Waals surface area contributed by atoms with E-state index >= 15 is 0 Å². The van der Waals surface area contributed by atoms with Crippen molar-refractivity contribution in [3.05, 3.63) is 52.3 Å². The molecule has 21 heavy (non-hydrogen) atoms. The van der Waals surface area contributed by atoms with Gasteiger partial charge in [-0.05, 0) is 37.4 Å². The molecule has 1 aromatic heterocycles. The van der Waals surface area contributed by atoms with Crippen LogP contribution in [0, 0.1) is 12.8 Å². The van der Waals surface area contributed by atoms with Gasteiger partial charge >= 0.3 is 0 Å². The normalized spacial score (nSPS) is 12.9. The topological polar surface area (TPSA) is 29.9 Å². The SMILES string of the molecule is CNC(Cn1ncc(Cl)c1C)c1ccc(CC(C)C)cc1. The van der Waals surface area contributed by atoms with Crippen molar-refractivity contribution >= 4 is 11.6 Å². The Morgan fingerprint density at radius 1 is 1.24 bits per heavy atom. The first-order chi connectivity index (χ1) is 10.0. The zero-order valence-electron chi connectivity index (χ0n) is 13.2. The van der Waals surface area contributed by atoms with Gasteiger partial charge in [-0.25, -0.2) is 0 Å². The highest BCUT2D eigenvalue weighted by atomic mass is 35.5. The van der Waals surface area contributed by atoms with Crippen molar-refractivity contribution in [3.63, 3.8) is 0 Å². The lowest BCUT2D eigenvalue weighted by Gasteiger charge is -2.18. The Hall–Kier alpha value is -1.32. The minimum atomic E-state index is 0.229. The Bertz CT molecular complexity index is 572. The van der Waals surface area contributed by atoms with E-state index in [-0.39, 0.29) is 6.04 Å². The molecule has 1 unspecified atom stereocenters. The fraction of sp³-hybridized carbons (Fsp3) is 0.471. The third kappa shape index (κ3) is 4.08. The highest BCUT2D eigenvalue weighted by molar-refractivity contribution is 6.31. The molecule has 1 atom stereocenters. The second-order valence-electron chi connectivity index (χ2n) is 5.94. The molecule has 0 aliphatic carbocycles. The molecule has 1 N–H and O–H groups in total. The van der Waals surface area contributed by atoms with Gasteiger partial charge in [0.1, 0.15) is 0 Å². The summed E-state index contributed by atoms with van der Waals surface area (Å²) in [6.45, 7) is 7.26. The lowest BCUT2D eigenvalue weighted by atomic mass is 9.99. The van der Waals surface area contributed by atoms with Crippen LogP contribution in [0.2, 0.25) is 5.02 Å². The van der Waals surface area contributed by atoms with E-state index in [9.17, 15) is 0 Å². The lowest BCUT2D eigenvalue weighted by Crippen LogP contribution is -2.23. The molecule has 0 fully saturated rings. The van der Waals surface area contributed by atoms with Gasteiger partial charge in [0.25, 0.3) is 0 Å². The van der Waals surface area contributed by atoms with Crippen molar-refractivity contribution in [1.82, 2.24) is 15.1 Å². The van der Waals surface area contributed by atoms with Crippen LogP contribution in [0.1, 0.15) is 36.7 Å². The van der Waals surface area contributed by atoms with Crippen LogP contribution in [0.15, 0.2) is 30.5 Å². The third-order valence-electron chi connectivity index (χ3n) is 3.77. The van der Waals surface area contributed by atoms with Crippen LogP contribution in [0.25, 0.3) is 0 Å². The zero-order valence-corrected chi connectivity index (χ0v) is 14.0. The molecule has 0 amide bonds. The summed E-state index contributed by atoms with van der Waals surface area (Å²) in [6, 6.07) is 9.09. The lowest BCUT2D eigenvalue weighted by molar-refractivity contribution is 0.461. The molecule has 0 aliphatic rings. The van der Waals surface area contributed by atoms with Crippen LogP contribution in [-0.4, -0.2) is 16.8 Å². The molecule has 0 bridgehead atoms. The summed E-state index contributed by atoms with van der Waals surface area (Å²) < 4.78 is 1.95. The molecule has 0 saturated carbocycles. The molecule has 2 rings (SSSR count). The quantitative estimate of drug-likeness (QED) is 0.874. The van der Waals surface area contributed by atoms with Crippen LogP contribution >= 0.6 is 11.6 Å². The number of rotatable bonds is 6. The van der Waals surface area contributed by atoms with Gasteiger partial charge in [0.2, 0.25) is 0 Å². The van der Waals surface area contributed by atoms with Gasteiger partial charge in [-0.3, -0.25) is 4.68 Å². The Balaban J connectivity index is 2.12. The fourth-order valence-electron chi connectivity index (χ4n) is 2.50. The summed E-state index contributed by atoms with van der Waals surface area (Å²) in [4.78, 5) is 0. The van der Waals surface area contributed by atoms with E-state index < -0.39 is 0 Å². The van der Waals surface area contributed by atoms with Crippen LogP contribution in [0.4, 0.5) is 0 Å². The van der Waals surface area contributed by atoms with Crippen molar-refractivity contribution in [2.24, 2.45) is 5.92 Å². The number of benzene rings is 1. The average Bonchev–Trinajstić information content (AvgIpc) is 2.77. The molecule has 4 heteroatoms. The van der Waals surface area contributed by atoms with E-state index in [2.05, 4.69) is 48.5 Å². The van der Waals surface area contributed by atoms with Gasteiger partial charge < -0.3 is 5.32 Å². The highest BCUT2D eigenvalue weighted by Gasteiger charge is 2.13. The first kappa shape index (κ1) is 16.1. The number of likely N-dealkylation sites (N-methyl/N-ethyl adjacent to an activating group) is 1. The van der Waals surface area contributed by atoms with Gasteiger partial charge in [-0.1, -0.05) is 49.7 Å². The van der Waals surface area contributed by atoms with Gasteiger partial charge in [-0.15, -0.1) is 0 Å². The van der Waals surface area contributed by atoms with Crippen LogP contribution in [0.3, 0.4) is 0 Å². The largest absolute Gasteiger partial charge is 0.311 e. The highest BCUT2D eigenvalue weighted by Crippen LogP contribution is 2.20. The van der Waals surface area contributed by atoms with Crippen molar-refractivity contribution in [3.8, 4) is 0 Å². The van der Waals surface area contributed by atoms with Gasteiger partial charge in [0, 0.05) is 0 Å². The number of aromatic nitrogens is 2. The molecule has 1 heterocycles. The van der Waals surface area contributed by atoms with E-state index in [1.807, 2.05) is 18.7 Å². The Morgan fingerprint density at radius 3 is 2.38 bits per heavy atom. The maximum Gasteiger partial charge on any atom is 0.0814 e. The maximum atomic E-state index is 6.07. The second kappa shape index (κ2) is 7.10. The second-order valence-corrected chi connectivity index (χ2v) is 6.35. The third-order valence-corrected chi connectivity index (χ3v) is 4.14. The van der Waals surface area contributed by atoms with Gasteiger partial charge in [0.05, 0.1) is 29.5 Å². The molecule has 0 radical (unpaired) electrons. The molecule has 3 nitrogen and oxygen atoms in total. The molecule has 1 aromatic carbocycles. The van der Waals surface area contributed by atoms with Crippen molar-refractivity contribution in [2.45, 2.75) is 39.8 Å². The average molecular weight is 306 g/mol. The van der Waals surface area contributed by atoms with Crippen molar-refractivity contribution in [2.75, 3.05) is 7.05 Å². The summed E-state index contributed by atoms with van der Waals surface area (Å²) in [7, 11) is 1.98. The molecule has 0 aliphatic heterocycles. The molecular weight excluding hydrogens is 282 g/mol. The van der Waals surface area contributed by atoms with E-state index in [0.717, 1.165) is 23.7 Å². The minimum absolute atomic E-state index is 0.229. The van der Waals surface area contributed by atoms with Crippen LogP contribution in [-0.2, 0) is 13.0 Å². The zero-order chi connectivity index (χ0) is 15.4. The number of halogens is 1. The summed E-state index contributed by atoms with van der Waals surface area (Å²) in [5.74, 6) is 0.685. The van der Waals surface area contributed by atoms with Gasteiger partial charge in [-0.2, -0.15) is 5.10 Å². The maximum absolute atomic E-state index is 6.07. The monoisotopic (exact) mass is 305 g/mol. The number of hydrogen-bond donors (Lipinski definition) is 1. The predicted octanol–water partition coefficient (Wildman–Crippen LogP) is 4.00. The standard InChI is InChI=1S/C17H24ClN3/c1-12(2)9-14-5-7-15(8-6-14)17(19-4)11-21-13(3)16(18)10-20-21/h5-8,10,12,17,19H,9,11H2,1-4H3. The number of hydrogen-bond acceptors (Lipinski definition) is 2. The summed E-state index contributed by atoms with van der Waals surface area (Å²) in [5, 5.41) is 8.41. The summed E-state index contributed by atoms with van der Waals surface area (Å²) in [6.07, 6.45) is 2.83. The predicted molar refractivity (Wildman–Crippen MR) is 88.8 cm³/mol. The Kier molecular flexibility index (Phi) is 5.43. The van der Waals surface area contributed by atoms with Crippen LogP contribution in [0.5, 0.6) is 0 Å². The van der Waals surface area contributed by atoms with E-state index in [1.165, 1.54) is 11.1 Å². The van der Waals surface area contributed by atoms with Crippen molar-refractivity contribution < 1.29 is 0 Å². The molecule has 0 spiro atoms. The summed E-state index contributed by atoms with van der Waals surface area (Å²) in [5.41, 5.74) is 3.67. The Morgan fingerprint density at radius 2 is 1.90 bits per heavy atom. The smallest absolute Gasteiger partial charge is 0.0814 e. The van der Waals surface area contributed by atoms with E-state index in [0.29, 0.717) is 5.92 Å². The van der Waals surface area contributed by atoms with E-state index in [4.69, 9.17) is 11.6 Å². The molecular formula is C17H24ClN3. The first-order valence-corrected chi connectivity index (χ1v) is 7.83. The first-order valence-electron chi connectivity index (χ1n) is 7.45. The molecule has 2 aromatic rings. The van der Waals surface area contributed by atoms with Gasteiger partial charge in [0.15, 0.2) is 0 Å². The van der Waals surface area contributed by atoms with Crippen molar-refractivity contribution in [1.29, 1.82) is 0 Å². The molecule has 114 valence electrons. The molecule has 0 saturated heterocycles. The Labute approximate surface area is 132 Å². The minimum Gasteiger partial charge on any atom is -0.311 e. The van der Waals surface area contributed by atoms with E-state index in [1.54, 1.807) is 6.20 Å². The number of nitrogens with one attached hydrogen (secondary N) is 1. The summed E-state index contributed by atoms with van der Waals surface area (Å²) >= 11 is 6.07.